The molecule has 1 unspecified atom stereocenters. The van der Waals surface area contributed by atoms with Gasteiger partial charge in [0.05, 0.1) is 23.9 Å². The first-order valence-electron chi connectivity index (χ1n) is 5.67. The number of halogens is 2. The summed E-state index contributed by atoms with van der Waals surface area (Å²) >= 11 is 5.72. The zero-order valence-corrected chi connectivity index (χ0v) is 11.1. The number of hydrogen-bond donors (Lipinski definition) is 1. The highest BCUT2D eigenvalue weighted by Gasteiger charge is 2.11. The number of hydrogen-bond acceptors (Lipinski definition) is 4. The second-order valence-electron chi connectivity index (χ2n) is 4.06. The van der Waals surface area contributed by atoms with Crippen LogP contribution in [0.4, 0.5) is 4.39 Å². The molecule has 1 atom stereocenters. The van der Waals surface area contributed by atoms with Crippen molar-refractivity contribution in [2.24, 2.45) is 5.73 Å². The Morgan fingerprint density at radius 1 is 1.32 bits per heavy atom. The van der Waals surface area contributed by atoms with Crippen molar-refractivity contribution >= 4 is 11.6 Å². The number of ether oxygens (including phenoxy) is 1. The van der Waals surface area contributed by atoms with E-state index in [9.17, 15) is 4.39 Å². The van der Waals surface area contributed by atoms with Gasteiger partial charge in [-0.2, -0.15) is 5.10 Å². The van der Waals surface area contributed by atoms with Gasteiger partial charge < -0.3 is 10.5 Å². The van der Waals surface area contributed by atoms with Gasteiger partial charge in [0.15, 0.2) is 0 Å². The zero-order chi connectivity index (χ0) is 13.8. The molecule has 0 amide bonds. The van der Waals surface area contributed by atoms with E-state index in [4.69, 9.17) is 22.1 Å². The summed E-state index contributed by atoms with van der Waals surface area (Å²) in [6, 6.07) is 7.65. The predicted octanol–water partition coefficient (Wildman–Crippen LogP) is 2.52. The fraction of sp³-hybridized carbons (Fsp3) is 0.231. The van der Waals surface area contributed by atoms with Crippen LogP contribution in [0.25, 0.3) is 0 Å². The molecule has 2 rings (SSSR count). The summed E-state index contributed by atoms with van der Waals surface area (Å²) < 4.78 is 18.0. The summed E-state index contributed by atoms with van der Waals surface area (Å²) in [5.74, 6) is -0.0102. The first-order chi connectivity index (χ1) is 9.10. The van der Waals surface area contributed by atoms with E-state index in [1.807, 2.05) is 0 Å². The van der Waals surface area contributed by atoms with E-state index in [0.717, 1.165) is 5.56 Å². The lowest BCUT2D eigenvalue weighted by atomic mass is 10.0. The van der Waals surface area contributed by atoms with Gasteiger partial charge >= 0.3 is 0 Å². The van der Waals surface area contributed by atoms with E-state index in [-0.39, 0.29) is 11.1 Å². The molecule has 2 aromatic rings. The third kappa shape index (κ3) is 3.39. The summed E-state index contributed by atoms with van der Waals surface area (Å²) in [5.41, 5.74) is 7.51. The standard InChI is InChI=1S/C13H13ClFN3O/c1-19-13-5-4-12(17-18-13)11(16)7-8-2-3-10(15)9(14)6-8/h2-6,11H,7,16H2,1H3. The summed E-state index contributed by atoms with van der Waals surface area (Å²) in [4.78, 5) is 0. The molecule has 6 heteroatoms. The van der Waals surface area contributed by atoms with E-state index < -0.39 is 5.82 Å². The average molecular weight is 282 g/mol. The van der Waals surface area contributed by atoms with Crippen molar-refractivity contribution in [3.63, 3.8) is 0 Å². The van der Waals surface area contributed by atoms with E-state index >= 15 is 0 Å². The molecule has 0 bridgehead atoms. The average Bonchev–Trinajstić information content (AvgIpc) is 2.43. The Bertz CT molecular complexity index is 562. The minimum atomic E-state index is -0.441. The van der Waals surface area contributed by atoms with Gasteiger partial charge in [-0.25, -0.2) is 4.39 Å². The first-order valence-corrected chi connectivity index (χ1v) is 6.05. The Labute approximate surface area is 115 Å². The number of methoxy groups -OCH3 is 1. The molecule has 1 heterocycles. The highest BCUT2D eigenvalue weighted by atomic mass is 35.5. The van der Waals surface area contributed by atoms with Crippen LogP contribution in [0.1, 0.15) is 17.3 Å². The quantitative estimate of drug-likeness (QED) is 0.935. The Morgan fingerprint density at radius 3 is 2.68 bits per heavy atom. The summed E-state index contributed by atoms with van der Waals surface area (Å²) in [7, 11) is 1.52. The van der Waals surface area contributed by atoms with Gasteiger partial charge in [0, 0.05) is 6.07 Å². The summed E-state index contributed by atoms with van der Waals surface area (Å²) in [5, 5.41) is 7.92. The highest BCUT2D eigenvalue weighted by molar-refractivity contribution is 6.30. The van der Waals surface area contributed by atoms with E-state index in [1.54, 1.807) is 24.3 Å². The van der Waals surface area contributed by atoms with Crippen LogP contribution >= 0.6 is 11.6 Å². The minimum Gasteiger partial charge on any atom is -0.480 e. The molecule has 0 aliphatic carbocycles. The van der Waals surface area contributed by atoms with Gasteiger partial charge in [-0.15, -0.1) is 5.10 Å². The van der Waals surface area contributed by atoms with Crippen LogP contribution in [0.5, 0.6) is 5.88 Å². The molecule has 2 N–H and O–H groups in total. The zero-order valence-electron chi connectivity index (χ0n) is 10.3. The number of benzene rings is 1. The maximum absolute atomic E-state index is 13.0. The second kappa shape index (κ2) is 5.95. The van der Waals surface area contributed by atoms with Crippen LogP contribution in [0.3, 0.4) is 0 Å². The van der Waals surface area contributed by atoms with Crippen molar-refractivity contribution in [1.82, 2.24) is 10.2 Å². The second-order valence-corrected chi connectivity index (χ2v) is 4.47. The number of nitrogens with zero attached hydrogens (tertiary/aromatic N) is 2. The monoisotopic (exact) mass is 281 g/mol. The molecule has 0 fully saturated rings. The Morgan fingerprint density at radius 2 is 2.11 bits per heavy atom. The lowest BCUT2D eigenvalue weighted by Gasteiger charge is -2.11. The van der Waals surface area contributed by atoms with Gasteiger partial charge in [0.1, 0.15) is 5.82 Å². The maximum atomic E-state index is 13.0. The largest absolute Gasteiger partial charge is 0.480 e. The van der Waals surface area contributed by atoms with Crippen molar-refractivity contribution in [1.29, 1.82) is 0 Å². The van der Waals surface area contributed by atoms with Crippen molar-refractivity contribution in [3.8, 4) is 5.88 Å². The number of rotatable bonds is 4. The van der Waals surface area contributed by atoms with Crippen LogP contribution in [-0.2, 0) is 6.42 Å². The Kier molecular flexibility index (Phi) is 4.29. The molecule has 0 aliphatic rings. The van der Waals surface area contributed by atoms with Crippen LogP contribution < -0.4 is 10.5 Å². The number of nitrogens with two attached hydrogens (primary N) is 1. The third-order valence-corrected chi connectivity index (χ3v) is 2.98. The molecule has 0 aliphatic heterocycles. The van der Waals surface area contributed by atoms with Crippen LogP contribution in [-0.4, -0.2) is 17.3 Å². The molecule has 1 aromatic carbocycles. The molecular formula is C13H13ClFN3O. The summed E-state index contributed by atoms with van der Waals surface area (Å²) in [6.45, 7) is 0. The van der Waals surface area contributed by atoms with Gasteiger partial charge in [-0.1, -0.05) is 17.7 Å². The summed E-state index contributed by atoms with van der Waals surface area (Å²) in [6.07, 6.45) is 0.501. The molecule has 0 spiro atoms. The lowest BCUT2D eigenvalue weighted by molar-refractivity contribution is 0.390. The molecule has 0 saturated carbocycles. The van der Waals surface area contributed by atoms with Crippen LogP contribution in [0, 0.1) is 5.82 Å². The van der Waals surface area contributed by atoms with Crippen LogP contribution in [0.15, 0.2) is 30.3 Å². The predicted molar refractivity (Wildman–Crippen MR) is 70.6 cm³/mol. The SMILES string of the molecule is COc1ccc(C(N)Cc2ccc(F)c(Cl)c2)nn1. The minimum absolute atomic E-state index is 0.0884. The fourth-order valence-electron chi connectivity index (χ4n) is 1.66. The highest BCUT2D eigenvalue weighted by Crippen LogP contribution is 2.20. The lowest BCUT2D eigenvalue weighted by Crippen LogP contribution is -2.15. The topological polar surface area (TPSA) is 61.0 Å². The van der Waals surface area contributed by atoms with Crippen molar-refractivity contribution in [3.05, 3.63) is 52.4 Å². The van der Waals surface area contributed by atoms with E-state index in [2.05, 4.69) is 10.2 Å². The Balaban J connectivity index is 2.10. The van der Waals surface area contributed by atoms with Gasteiger partial charge in [0.25, 0.3) is 0 Å². The Hall–Kier alpha value is -1.72. The normalized spacial score (nSPS) is 12.2. The molecule has 100 valence electrons. The molecule has 0 radical (unpaired) electrons. The molecule has 1 aromatic heterocycles. The first kappa shape index (κ1) is 13.7. The van der Waals surface area contributed by atoms with Gasteiger partial charge in [-0.3, -0.25) is 0 Å². The van der Waals surface area contributed by atoms with Gasteiger partial charge in [0.2, 0.25) is 5.88 Å². The van der Waals surface area contributed by atoms with Gasteiger partial charge in [-0.05, 0) is 30.2 Å². The molecule has 0 saturated heterocycles. The van der Waals surface area contributed by atoms with E-state index in [0.29, 0.717) is 18.0 Å². The van der Waals surface area contributed by atoms with E-state index in [1.165, 1.54) is 13.2 Å². The molecule has 4 nitrogen and oxygen atoms in total. The molecular weight excluding hydrogens is 269 g/mol. The van der Waals surface area contributed by atoms with Crippen LogP contribution in [0.2, 0.25) is 5.02 Å². The number of aromatic nitrogens is 2. The molecule has 19 heavy (non-hydrogen) atoms. The fourth-order valence-corrected chi connectivity index (χ4v) is 1.87. The smallest absolute Gasteiger partial charge is 0.233 e. The van der Waals surface area contributed by atoms with Crippen molar-refractivity contribution in [2.75, 3.05) is 7.11 Å². The van der Waals surface area contributed by atoms with Crippen molar-refractivity contribution < 1.29 is 9.13 Å². The third-order valence-electron chi connectivity index (χ3n) is 2.69. The van der Waals surface area contributed by atoms with Crippen molar-refractivity contribution in [2.45, 2.75) is 12.5 Å². The maximum Gasteiger partial charge on any atom is 0.233 e.